The van der Waals surface area contributed by atoms with Crippen LogP contribution in [-0.2, 0) is 19.7 Å². The lowest BCUT2D eigenvalue weighted by Gasteiger charge is -2.32. The van der Waals surface area contributed by atoms with Gasteiger partial charge in [0.15, 0.2) is 0 Å². The van der Waals surface area contributed by atoms with Crippen molar-refractivity contribution in [3.05, 3.63) is 16.7 Å². The van der Waals surface area contributed by atoms with Crippen LogP contribution in [0, 0.1) is 11.3 Å². The average molecular weight is 449 g/mol. The van der Waals surface area contributed by atoms with Gasteiger partial charge in [0.25, 0.3) is 0 Å². The Morgan fingerprint density at radius 2 is 2.04 bits per heavy atom. The summed E-state index contributed by atoms with van der Waals surface area (Å²) in [5.41, 5.74) is 5.13. The van der Waals surface area contributed by atoms with Crippen LogP contribution < -0.4 is 10.5 Å². The number of nitrogens with zero attached hydrogens (tertiary/aromatic N) is 2. The molecule has 0 aliphatic carbocycles. The molecule has 146 valence electrons. The van der Waals surface area contributed by atoms with E-state index in [-0.39, 0.29) is 22.6 Å². The van der Waals surface area contributed by atoms with Crippen molar-refractivity contribution in [2.75, 3.05) is 25.4 Å². The zero-order valence-corrected chi connectivity index (χ0v) is 17.6. The molecular weight excluding hydrogens is 424 g/mol. The van der Waals surface area contributed by atoms with Gasteiger partial charge in [-0.3, -0.25) is 0 Å². The van der Waals surface area contributed by atoms with Gasteiger partial charge < -0.3 is 10.6 Å². The van der Waals surface area contributed by atoms with Crippen molar-refractivity contribution in [3.8, 4) is 0 Å². The summed E-state index contributed by atoms with van der Waals surface area (Å²) in [5, 5.41) is 1.65. The van der Waals surface area contributed by atoms with Crippen molar-refractivity contribution < 1.29 is 18.0 Å². The maximum Gasteiger partial charge on any atom is 0.330 e. The molecule has 1 aromatic heterocycles. The number of carbonyl (C=O) groups is 1. The molecule has 0 amide bonds. The fourth-order valence-corrected chi connectivity index (χ4v) is 4.11. The molecule has 1 fully saturated rings. The number of piperidine rings is 1. The van der Waals surface area contributed by atoms with Crippen LogP contribution in [0.25, 0.3) is 0 Å². The molecule has 0 bridgehead atoms. The highest BCUT2D eigenvalue weighted by atomic mass is 79.9. The van der Waals surface area contributed by atoms with Gasteiger partial charge in [0.2, 0.25) is 10.0 Å². The normalized spacial score (nSPS) is 17.2. The Labute approximate surface area is 162 Å². The van der Waals surface area contributed by atoms with Crippen LogP contribution in [0.5, 0.6) is 0 Å². The van der Waals surface area contributed by atoms with Crippen LogP contribution in [0.15, 0.2) is 21.6 Å². The number of aromatic nitrogens is 1. The molecule has 8 nitrogen and oxygen atoms in total. The molecule has 10 heteroatoms. The molecule has 0 radical (unpaired) electrons. The van der Waals surface area contributed by atoms with Gasteiger partial charge in [0, 0.05) is 30.3 Å². The third-order valence-electron chi connectivity index (χ3n) is 4.10. The Kier molecular flexibility index (Phi) is 6.65. The van der Waals surface area contributed by atoms with Gasteiger partial charge in [-0.2, -0.15) is 0 Å². The number of nitrogen functional groups attached to an aromatic ring is 1. The third kappa shape index (κ3) is 5.63. The Hall–Kier alpha value is -1.23. The van der Waals surface area contributed by atoms with E-state index in [1.807, 2.05) is 0 Å². The van der Waals surface area contributed by atoms with Crippen LogP contribution >= 0.6 is 15.9 Å². The molecule has 1 saturated heterocycles. The molecule has 2 rings (SSSR count). The highest BCUT2D eigenvalue weighted by Gasteiger charge is 2.29. The molecule has 1 aromatic rings. The number of halogens is 1. The van der Waals surface area contributed by atoms with E-state index in [9.17, 15) is 13.2 Å². The maximum absolute atomic E-state index is 12.4. The van der Waals surface area contributed by atoms with Crippen LogP contribution in [0.1, 0.15) is 33.6 Å². The summed E-state index contributed by atoms with van der Waals surface area (Å²) >= 11 is 3.20. The minimum atomic E-state index is -3.73. The molecule has 26 heavy (non-hydrogen) atoms. The molecule has 3 N–H and O–H groups in total. The summed E-state index contributed by atoms with van der Waals surface area (Å²) in [5.74, 6) is -0.144. The van der Waals surface area contributed by atoms with Crippen molar-refractivity contribution in [3.63, 3.8) is 0 Å². The number of anilines is 1. The average Bonchev–Trinajstić information content (AvgIpc) is 2.55. The summed E-state index contributed by atoms with van der Waals surface area (Å²) in [6, 6.07) is 1.43. The summed E-state index contributed by atoms with van der Waals surface area (Å²) < 4.78 is 28.0. The van der Waals surface area contributed by atoms with Crippen molar-refractivity contribution in [1.29, 1.82) is 0 Å². The first-order valence-corrected chi connectivity index (χ1v) is 10.6. The number of hydroxylamine groups is 2. The molecule has 0 atom stereocenters. The van der Waals surface area contributed by atoms with E-state index in [0.29, 0.717) is 24.1 Å². The Morgan fingerprint density at radius 3 is 2.62 bits per heavy atom. The first-order chi connectivity index (χ1) is 12.0. The van der Waals surface area contributed by atoms with Crippen molar-refractivity contribution in [2.45, 2.75) is 38.5 Å². The number of nitrogens with two attached hydrogens (primary N) is 1. The molecule has 0 saturated carbocycles. The second-order valence-corrected chi connectivity index (χ2v) is 10.0. The quantitative estimate of drug-likeness (QED) is 0.706. The van der Waals surface area contributed by atoms with E-state index in [4.69, 9.17) is 10.6 Å². The number of sulfonamides is 1. The number of nitrogens with one attached hydrogen (secondary N) is 1. The molecule has 0 spiro atoms. The van der Waals surface area contributed by atoms with Crippen molar-refractivity contribution in [2.24, 2.45) is 11.3 Å². The van der Waals surface area contributed by atoms with Gasteiger partial charge >= 0.3 is 5.97 Å². The topological polar surface area (TPSA) is 115 Å². The zero-order chi connectivity index (χ0) is 19.5. The van der Waals surface area contributed by atoms with Gasteiger partial charge in [0.1, 0.15) is 10.7 Å². The minimum absolute atomic E-state index is 0.0374. The second-order valence-electron chi connectivity index (χ2n) is 7.39. The summed E-state index contributed by atoms with van der Waals surface area (Å²) in [7, 11) is -3.73. The zero-order valence-electron chi connectivity index (χ0n) is 15.2. The van der Waals surface area contributed by atoms with Crippen LogP contribution in [0.4, 0.5) is 5.82 Å². The first kappa shape index (κ1) is 21.1. The number of carbonyl (C=O) groups excluding carboxylic acids is 1. The lowest BCUT2D eigenvalue weighted by atomic mass is 9.97. The summed E-state index contributed by atoms with van der Waals surface area (Å²) in [4.78, 5) is 21.1. The van der Waals surface area contributed by atoms with Crippen LogP contribution in [0.2, 0.25) is 0 Å². The Bertz CT molecular complexity index is 756. The lowest BCUT2D eigenvalue weighted by Crippen LogP contribution is -2.41. The van der Waals surface area contributed by atoms with Gasteiger partial charge in [-0.15, -0.1) is 5.06 Å². The number of pyridine rings is 1. The molecule has 2 heterocycles. The van der Waals surface area contributed by atoms with E-state index < -0.39 is 15.4 Å². The van der Waals surface area contributed by atoms with Crippen molar-refractivity contribution in [1.82, 2.24) is 14.8 Å². The van der Waals surface area contributed by atoms with Crippen molar-refractivity contribution >= 4 is 37.7 Å². The highest BCUT2D eigenvalue weighted by molar-refractivity contribution is 9.10. The van der Waals surface area contributed by atoms with Crippen LogP contribution in [0.3, 0.4) is 0 Å². The standard InChI is InChI=1S/C16H25BrN4O4S/c1-16(2,3)15(22)25-21-6-4-11(5-7-21)9-20-26(23,24)13-8-12(17)10-19-14(13)18/h8,10-11,20H,4-7,9H2,1-3H3,(H2,18,19). The smallest absolute Gasteiger partial charge is 0.330 e. The highest BCUT2D eigenvalue weighted by Crippen LogP contribution is 2.23. The van der Waals surface area contributed by atoms with Crippen LogP contribution in [-0.4, -0.2) is 44.1 Å². The molecule has 1 aliphatic rings. The molecule has 1 aliphatic heterocycles. The SMILES string of the molecule is CC(C)(C)C(=O)ON1CCC(CNS(=O)(=O)c2cc(Br)cnc2N)CC1. The second kappa shape index (κ2) is 8.20. The summed E-state index contributed by atoms with van der Waals surface area (Å²) in [6.45, 7) is 6.87. The third-order valence-corrected chi connectivity index (χ3v) is 5.98. The van der Waals surface area contributed by atoms with E-state index in [1.54, 1.807) is 25.8 Å². The predicted octanol–water partition coefficient (Wildman–Crippen LogP) is 1.92. The maximum atomic E-state index is 12.4. The van der Waals surface area contributed by atoms with Gasteiger partial charge in [0.05, 0.1) is 5.41 Å². The van der Waals surface area contributed by atoms with Gasteiger partial charge in [-0.05, 0) is 61.5 Å². The van der Waals surface area contributed by atoms with E-state index in [0.717, 1.165) is 12.8 Å². The Morgan fingerprint density at radius 1 is 1.42 bits per heavy atom. The van der Waals surface area contributed by atoms with Gasteiger partial charge in [-0.1, -0.05) is 0 Å². The summed E-state index contributed by atoms with van der Waals surface area (Å²) in [6.07, 6.45) is 2.90. The number of hydrogen-bond donors (Lipinski definition) is 2. The molecule has 0 unspecified atom stereocenters. The largest absolute Gasteiger partial charge is 0.383 e. The molecule has 0 aromatic carbocycles. The molecular formula is C16H25BrN4O4S. The van der Waals surface area contributed by atoms with E-state index >= 15 is 0 Å². The van der Waals surface area contributed by atoms with E-state index in [2.05, 4.69) is 25.6 Å². The monoisotopic (exact) mass is 448 g/mol. The number of rotatable bonds is 5. The fourth-order valence-electron chi connectivity index (χ4n) is 2.41. The van der Waals surface area contributed by atoms with Gasteiger partial charge in [-0.25, -0.2) is 22.9 Å². The minimum Gasteiger partial charge on any atom is -0.383 e. The number of hydrogen-bond acceptors (Lipinski definition) is 7. The first-order valence-electron chi connectivity index (χ1n) is 8.37. The predicted molar refractivity (Wildman–Crippen MR) is 101 cm³/mol. The fraction of sp³-hybridized carbons (Fsp3) is 0.625. The van der Waals surface area contributed by atoms with E-state index in [1.165, 1.54) is 12.3 Å². The lowest BCUT2D eigenvalue weighted by molar-refractivity contribution is -0.205. The Balaban J connectivity index is 1.86.